The Morgan fingerprint density at radius 2 is 2.07 bits per heavy atom. The van der Waals surface area contributed by atoms with Gasteiger partial charge in [-0.1, -0.05) is 44.5 Å². The number of halogens is 1. The average molecular weight is 212 g/mol. The molecule has 0 aromatic heterocycles. The summed E-state index contributed by atoms with van der Waals surface area (Å²) in [5.41, 5.74) is 2.48. The van der Waals surface area contributed by atoms with Gasteiger partial charge in [0.25, 0.3) is 0 Å². The van der Waals surface area contributed by atoms with E-state index >= 15 is 0 Å². The highest BCUT2D eigenvalue weighted by molar-refractivity contribution is 6.31. The van der Waals surface area contributed by atoms with Crippen molar-refractivity contribution in [3.63, 3.8) is 0 Å². The van der Waals surface area contributed by atoms with Crippen molar-refractivity contribution < 1.29 is 0 Å². The lowest BCUT2D eigenvalue weighted by molar-refractivity contribution is 0.726. The maximum Gasteiger partial charge on any atom is 0.0443 e. The van der Waals surface area contributed by atoms with Crippen LogP contribution < -0.4 is 5.32 Å². The van der Waals surface area contributed by atoms with Crippen LogP contribution in [0.4, 0.5) is 0 Å². The lowest BCUT2D eigenvalue weighted by atomic mass is 10.0. The second kappa shape index (κ2) is 5.38. The number of nitrogens with one attached hydrogen (secondary N) is 1. The van der Waals surface area contributed by atoms with Gasteiger partial charge in [-0.05, 0) is 29.7 Å². The molecule has 1 N–H and O–H groups in total. The molecule has 0 fully saturated rings. The summed E-state index contributed by atoms with van der Waals surface area (Å²) in [5.74, 6) is 0.496. The minimum Gasteiger partial charge on any atom is -0.313 e. The van der Waals surface area contributed by atoms with Gasteiger partial charge in [0.15, 0.2) is 0 Å². The zero-order valence-electron chi connectivity index (χ0n) is 9.10. The highest BCUT2D eigenvalue weighted by atomic mass is 35.5. The van der Waals surface area contributed by atoms with Crippen LogP contribution in [0.5, 0.6) is 0 Å². The van der Waals surface area contributed by atoms with Gasteiger partial charge >= 0.3 is 0 Å². The zero-order chi connectivity index (χ0) is 10.6. The van der Waals surface area contributed by atoms with E-state index in [1.54, 1.807) is 0 Å². The van der Waals surface area contributed by atoms with Crippen molar-refractivity contribution in [2.75, 3.05) is 6.54 Å². The zero-order valence-corrected chi connectivity index (χ0v) is 9.86. The second-order valence-corrected chi connectivity index (χ2v) is 4.20. The van der Waals surface area contributed by atoms with E-state index in [9.17, 15) is 0 Å². The highest BCUT2D eigenvalue weighted by Crippen LogP contribution is 2.24. The molecule has 0 saturated heterocycles. The maximum atomic E-state index is 6.18. The molecular formula is C12H18ClN. The summed E-state index contributed by atoms with van der Waals surface area (Å²) in [5, 5.41) is 4.17. The third-order valence-electron chi connectivity index (χ3n) is 2.27. The fourth-order valence-electron chi connectivity index (χ4n) is 1.42. The van der Waals surface area contributed by atoms with E-state index in [1.807, 2.05) is 0 Å². The molecule has 0 bridgehead atoms. The molecule has 0 unspecified atom stereocenters. The number of rotatable bonds is 4. The molecule has 0 atom stereocenters. The summed E-state index contributed by atoms with van der Waals surface area (Å²) >= 11 is 6.18. The Hall–Kier alpha value is -0.530. The summed E-state index contributed by atoms with van der Waals surface area (Å²) in [4.78, 5) is 0. The van der Waals surface area contributed by atoms with Crippen molar-refractivity contribution in [1.29, 1.82) is 0 Å². The third kappa shape index (κ3) is 3.00. The molecule has 0 saturated carbocycles. The molecule has 0 aliphatic heterocycles. The molecule has 1 rings (SSSR count). The van der Waals surface area contributed by atoms with Crippen molar-refractivity contribution >= 4 is 11.6 Å². The van der Waals surface area contributed by atoms with Crippen LogP contribution in [-0.4, -0.2) is 6.54 Å². The van der Waals surface area contributed by atoms with Crippen LogP contribution in [0.15, 0.2) is 18.2 Å². The minimum absolute atomic E-state index is 0.496. The van der Waals surface area contributed by atoms with Gasteiger partial charge in [0.2, 0.25) is 0 Å². The maximum absolute atomic E-state index is 6.18. The highest BCUT2D eigenvalue weighted by Gasteiger charge is 2.04. The molecule has 14 heavy (non-hydrogen) atoms. The van der Waals surface area contributed by atoms with E-state index in [0.717, 1.165) is 18.1 Å². The Balaban J connectivity index is 2.78. The van der Waals surface area contributed by atoms with Crippen molar-refractivity contribution in [1.82, 2.24) is 5.32 Å². The first kappa shape index (κ1) is 11.5. The van der Waals surface area contributed by atoms with Gasteiger partial charge in [0.1, 0.15) is 0 Å². The standard InChI is InChI=1S/C12H18ClN/c1-4-14-8-10-5-6-11(9(2)3)12(13)7-10/h5-7,9,14H,4,8H2,1-3H3. The Morgan fingerprint density at radius 1 is 1.36 bits per heavy atom. The summed E-state index contributed by atoms with van der Waals surface area (Å²) in [6, 6.07) is 6.32. The normalized spacial score (nSPS) is 10.9. The van der Waals surface area contributed by atoms with Crippen LogP contribution in [0.25, 0.3) is 0 Å². The molecule has 0 aliphatic rings. The van der Waals surface area contributed by atoms with Crippen LogP contribution in [0, 0.1) is 0 Å². The van der Waals surface area contributed by atoms with Gasteiger partial charge in [-0.3, -0.25) is 0 Å². The summed E-state index contributed by atoms with van der Waals surface area (Å²) < 4.78 is 0. The molecule has 1 nitrogen and oxygen atoms in total. The molecular weight excluding hydrogens is 194 g/mol. The number of hydrogen-bond acceptors (Lipinski definition) is 1. The van der Waals surface area contributed by atoms with E-state index < -0.39 is 0 Å². The van der Waals surface area contributed by atoms with E-state index in [2.05, 4.69) is 44.3 Å². The predicted octanol–water partition coefficient (Wildman–Crippen LogP) is 3.57. The molecule has 1 aromatic carbocycles. The quantitative estimate of drug-likeness (QED) is 0.803. The van der Waals surface area contributed by atoms with Crippen LogP contribution in [0.2, 0.25) is 5.02 Å². The molecule has 2 heteroatoms. The van der Waals surface area contributed by atoms with E-state index in [1.165, 1.54) is 11.1 Å². The first-order chi connectivity index (χ1) is 6.65. The van der Waals surface area contributed by atoms with Crippen LogP contribution >= 0.6 is 11.6 Å². The Labute approximate surface area is 91.5 Å². The average Bonchev–Trinajstić information content (AvgIpc) is 2.14. The van der Waals surface area contributed by atoms with Crippen molar-refractivity contribution in [2.24, 2.45) is 0 Å². The SMILES string of the molecule is CCNCc1ccc(C(C)C)c(Cl)c1. The topological polar surface area (TPSA) is 12.0 Å². The molecule has 0 spiro atoms. The summed E-state index contributed by atoms with van der Waals surface area (Å²) in [6.45, 7) is 8.30. The second-order valence-electron chi connectivity index (χ2n) is 3.79. The van der Waals surface area contributed by atoms with E-state index in [-0.39, 0.29) is 0 Å². The van der Waals surface area contributed by atoms with E-state index in [4.69, 9.17) is 11.6 Å². The van der Waals surface area contributed by atoms with Crippen molar-refractivity contribution in [3.8, 4) is 0 Å². The Morgan fingerprint density at radius 3 is 2.57 bits per heavy atom. The molecule has 0 amide bonds. The first-order valence-electron chi connectivity index (χ1n) is 5.14. The van der Waals surface area contributed by atoms with Gasteiger partial charge < -0.3 is 5.32 Å². The molecule has 0 radical (unpaired) electrons. The summed E-state index contributed by atoms with van der Waals surface area (Å²) in [6.07, 6.45) is 0. The monoisotopic (exact) mass is 211 g/mol. The number of hydrogen-bond donors (Lipinski definition) is 1. The van der Waals surface area contributed by atoms with Crippen LogP contribution in [0.3, 0.4) is 0 Å². The van der Waals surface area contributed by atoms with Gasteiger partial charge in [-0.2, -0.15) is 0 Å². The molecule has 0 aliphatic carbocycles. The van der Waals surface area contributed by atoms with Gasteiger partial charge in [0.05, 0.1) is 0 Å². The first-order valence-corrected chi connectivity index (χ1v) is 5.52. The number of benzene rings is 1. The Kier molecular flexibility index (Phi) is 4.43. The van der Waals surface area contributed by atoms with Gasteiger partial charge in [0, 0.05) is 11.6 Å². The fourth-order valence-corrected chi connectivity index (χ4v) is 1.84. The largest absolute Gasteiger partial charge is 0.313 e. The predicted molar refractivity (Wildman–Crippen MR) is 62.9 cm³/mol. The van der Waals surface area contributed by atoms with Gasteiger partial charge in [-0.25, -0.2) is 0 Å². The minimum atomic E-state index is 0.496. The van der Waals surface area contributed by atoms with E-state index in [0.29, 0.717) is 5.92 Å². The van der Waals surface area contributed by atoms with Crippen molar-refractivity contribution in [2.45, 2.75) is 33.2 Å². The summed E-state index contributed by atoms with van der Waals surface area (Å²) in [7, 11) is 0. The lowest BCUT2D eigenvalue weighted by Crippen LogP contribution is -2.11. The molecule has 0 heterocycles. The van der Waals surface area contributed by atoms with Crippen molar-refractivity contribution in [3.05, 3.63) is 34.3 Å². The fraction of sp³-hybridized carbons (Fsp3) is 0.500. The van der Waals surface area contributed by atoms with Gasteiger partial charge in [-0.15, -0.1) is 0 Å². The Bertz CT molecular complexity index is 294. The third-order valence-corrected chi connectivity index (χ3v) is 2.59. The lowest BCUT2D eigenvalue weighted by Gasteiger charge is -2.10. The molecule has 1 aromatic rings. The van der Waals surface area contributed by atoms with Crippen LogP contribution in [-0.2, 0) is 6.54 Å². The van der Waals surface area contributed by atoms with Crippen LogP contribution in [0.1, 0.15) is 37.8 Å². The molecule has 78 valence electrons. The smallest absolute Gasteiger partial charge is 0.0443 e.